The molecule has 2 aromatic carbocycles. The normalized spacial score (nSPS) is 13.3. The number of rotatable bonds is 10. The maximum Gasteiger partial charge on any atom is 0.408 e. The van der Waals surface area contributed by atoms with Crippen LogP contribution in [0.15, 0.2) is 54.6 Å². The van der Waals surface area contributed by atoms with Crippen molar-refractivity contribution >= 4 is 18.0 Å². The van der Waals surface area contributed by atoms with E-state index < -0.39 is 35.7 Å². The molecule has 2 rings (SSSR count). The number of hydrogen-bond acceptors (Lipinski definition) is 6. The van der Waals surface area contributed by atoms with Gasteiger partial charge in [0.25, 0.3) is 0 Å². The number of nitrogens with one attached hydrogen (secondary N) is 2. The minimum Gasteiger partial charge on any atom is -0.488 e. The van der Waals surface area contributed by atoms with E-state index in [0.717, 1.165) is 11.1 Å². The monoisotopic (exact) mass is 526 g/mol. The summed E-state index contributed by atoms with van der Waals surface area (Å²) in [4.78, 5) is 38.8. The standard InChI is InChI=1S/C30H42N2O6/c1-20(2)25(32-28(35)36-19-22-12-10-9-11-13-22)26(33)31-24(27(34)38-30(6,7)8)18-21-14-16-23(17-15-21)37-29(3,4)5/h9-17,20,24-25H,18-19H2,1-8H3,(H,31,33)(H,32,35)/t24-,25-/m0/s1. The third kappa shape index (κ3) is 11.2. The summed E-state index contributed by atoms with van der Waals surface area (Å²) in [5.41, 5.74) is 0.577. The van der Waals surface area contributed by atoms with Gasteiger partial charge in [0.05, 0.1) is 0 Å². The molecule has 208 valence electrons. The van der Waals surface area contributed by atoms with Gasteiger partial charge in [0.2, 0.25) is 5.91 Å². The van der Waals surface area contributed by atoms with Gasteiger partial charge in [0.1, 0.15) is 35.6 Å². The molecule has 0 saturated carbocycles. The topological polar surface area (TPSA) is 103 Å². The number of amides is 2. The van der Waals surface area contributed by atoms with E-state index in [0.29, 0.717) is 5.75 Å². The Morgan fingerprint density at radius 2 is 1.39 bits per heavy atom. The van der Waals surface area contributed by atoms with E-state index in [1.807, 2.05) is 75.4 Å². The van der Waals surface area contributed by atoms with Crippen LogP contribution in [0.5, 0.6) is 5.75 Å². The van der Waals surface area contributed by atoms with Crippen molar-refractivity contribution in [3.63, 3.8) is 0 Å². The summed E-state index contributed by atoms with van der Waals surface area (Å²) in [6.07, 6.45) is -0.509. The van der Waals surface area contributed by atoms with Gasteiger partial charge in [0, 0.05) is 6.42 Å². The fraction of sp³-hybridized carbons (Fsp3) is 0.500. The first-order valence-electron chi connectivity index (χ1n) is 12.9. The van der Waals surface area contributed by atoms with E-state index in [2.05, 4.69) is 10.6 Å². The highest BCUT2D eigenvalue weighted by Crippen LogP contribution is 2.20. The Balaban J connectivity index is 2.12. The van der Waals surface area contributed by atoms with Gasteiger partial charge in [-0.1, -0.05) is 56.3 Å². The molecule has 0 fully saturated rings. The lowest BCUT2D eigenvalue weighted by Gasteiger charge is -2.27. The van der Waals surface area contributed by atoms with Crippen LogP contribution >= 0.6 is 0 Å². The molecule has 0 radical (unpaired) electrons. The molecule has 8 heteroatoms. The van der Waals surface area contributed by atoms with Crippen LogP contribution in [0.25, 0.3) is 0 Å². The van der Waals surface area contributed by atoms with Crippen molar-refractivity contribution in [1.29, 1.82) is 0 Å². The lowest BCUT2D eigenvalue weighted by Crippen LogP contribution is -2.55. The van der Waals surface area contributed by atoms with Crippen molar-refractivity contribution in [2.75, 3.05) is 0 Å². The molecule has 38 heavy (non-hydrogen) atoms. The summed E-state index contributed by atoms with van der Waals surface area (Å²) < 4.78 is 16.7. The van der Waals surface area contributed by atoms with E-state index in [1.165, 1.54) is 0 Å². The average molecular weight is 527 g/mol. The number of hydrogen-bond donors (Lipinski definition) is 2. The molecule has 0 aliphatic carbocycles. The van der Waals surface area contributed by atoms with Crippen molar-refractivity contribution < 1.29 is 28.6 Å². The molecular formula is C30H42N2O6. The minimum absolute atomic E-state index is 0.0779. The molecular weight excluding hydrogens is 484 g/mol. The summed E-state index contributed by atoms with van der Waals surface area (Å²) in [5, 5.41) is 5.42. The number of alkyl carbamates (subject to hydrolysis) is 1. The second-order valence-corrected chi connectivity index (χ2v) is 11.6. The highest BCUT2D eigenvalue weighted by molar-refractivity contribution is 5.90. The lowest BCUT2D eigenvalue weighted by atomic mass is 10.0. The molecule has 2 N–H and O–H groups in total. The quantitative estimate of drug-likeness (QED) is 0.414. The fourth-order valence-corrected chi connectivity index (χ4v) is 3.54. The largest absolute Gasteiger partial charge is 0.488 e. The molecule has 2 aromatic rings. The average Bonchev–Trinajstić information content (AvgIpc) is 2.80. The summed E-state index contributed by atoms with van der Waals surface area (Å²) in [7, 11) is 0. The highest BCUT2D eigenvalue weighted by Gasteiger charge is 2.32. The first-order chi connectivity index (χ1) is 17.6. The van der Waals surface area contributed by atoms with Crippen LogP contribution in [-0.2, 0) is 32.1 Å². The SMILES string of the molecule is CC(C)[C@H](NC(=O)OCc1ccccc1)C(=O)N[C@@H](Cc1ccc(OC(C)(C)C)cc1)C(=O)OC(C)(C)C. The van der Waals surface area contributed by atoms with Gasteiger partial charge in [0.15, 0.2) is 0 Å². The van der Waals surface area contributed by atoms with E-state index >= 15 is 0 Å². The second-order valence-electron chi connectivity index (χ2n) is 11.6. The summed E-state index contributed by atoms with van der Waals surface area (Å²) >= 11 is 0. The third-order valence-electron chi connectivity index (χ3n) is 5.23. The molecule has 0 heterocycles. The molecule has 0 bridgehead atoms. The van der Waals surface area contributed by atoms with Crippen LogP contribution in [-0.4, -0.2) is 41.3 Å². The Morgan fingerprint density at radius 1 is 0.789 bits per heavy atom. The smallest absolute Gasteiger partial charge is 0.408 e. The zero-order valence-corrected chi connectivity index (χ0v) is 23.8. The van der Waals surface area contributed by atoms with Gasteiger partial charge in [-0.15, -0.1) is 0 Å². The van der Waals surface area contributed by atoms with Gasteiger partial charge >= 0.3 is 12.1 Å². The number of ether oxygens (including phenoxy) is 3. The zero-order valence-electron chi connectivity index (χ0n) is 23.8. The zero-order chi connectivity index (χ0) is 28.5. The molecule has 2 amide bonds. The first-order valence-corrected chi connectivity index (χ1v) is 12.9. The van der Waals surface area contributed by atoms with Gasteiger partial charge in [-0.05, 0) is 70.7 Å². The van der Waals surface area contributed by atoms with Crippen molar-refractivity contribution in [2.45, 2.75) is 91.7 Å². The number of esters is 1. The Morgan fingerprint density at radius 3 is 1.92 bits per heavy atom. The first kappa shape index (κ1) is 30.7. The molecule has 0 spiro atoms. The molecule has 0 saturated heterocycles. The van der Waals surface area contributed by atoms with Crippen LogP contribution in [0, 0.1) is 5.92 Å². The van der Waals surface area contributed by atoms with Crippen LogP contribution < -0.4 is 15.4 Å². The summed E-state index contributed by atoms with van der Waals surface area (Å²) in [5.74, 6) is -0.611. The van der Waals surface area contributed by atoms with Crippen molar-refractivity contribution in [3.05, 3.63) is 65.7 Å². The fourth-order valence-electron chi connectivity index (χ4n) is 3.54. The Hall–Kier alpha value is -3.55. The minimum atomic E-state index is -0.959. The van der Waals surface area contributed by atoms with Crippen LogP contribution in [0.2, 0.25) is 0 Å². The Bertz CT molecular complexity index is 1050. The molecule has 8 nitrogen and oxygen atoms in total. The van der Waals surface area contributed by atoms with E-state index in [-0.39, 0.29) is 24.5 Å². The highest BCUT2D eigenvalue weighted by atomic mass is 16.6. The van der Waals surface area contributed by atoms with Gasteiger partial charge < -0.3 is 24.8 Å². The van der Waals surface area contributed by atoms with Gasteiger partial charge in [-0.25, -0.2) is 9.59 Å². The summed E-state index contributed by atoms with van der Waals surface area (Å²) in [6.45, 7) is 14.9. The molecule has 0 unspecified atom stereocenters. The molecule has 0 aliphatic heterocycles. The van der Waals surface area contributed by atoms with Crippen molar-refractivity contribution in [3.8, 4) is 5.75 Å². The number of benzene rings is 2. The van der Waals surface area contributed by atoms with Gasteiger partial charge in [-0.2, -0.15) is 0 Å². The van der Waals surface area contributed by atoms with E-state index in [1.54, 1.807) is 34.6 Å². The predicted octanol–water partition coefficient (Wildman–Crippen LogP) is 5.18. The summed E-state index contributed by atoms with van der Waals surface area (Å²) in [6, 6.07) is 14.7. The molecule has 0 aromatic heterocycles. The lowest BCUT2D eigenvalue weighted by molar-refractivity contribution is -0.158. The predicted molar refractivity (Wildman–Crippen MR) is 147 cm³/mol. The van der Waals surface area contributed by atoms with Crippen molar-refractivity contribution in [1.82, 2.24) is 10.6 Å². The van der Waals surface area contributed by atoms with Crippen LogP contribution in [0.1, 0.15) is 66.5 Å². The maximum atomic E-state index is 13.3. The molecule has 2 atom stereocenters. The van der Waals surface area contributed by atoms with Crippen molar-refractivity contribution in [2.24, 2.45) is 5.92 Å². The van der Waals surface area contributed by atoms with Crippen LogP contribution in [0.3, 0.4) is 0 Å². The van der Waals surface area contributed by atoms with Crippen LogP contribution in [0.4, 0.5) is 4.79 Å². The number of carbonyl (C=O) groups is 3. The molecule has 0 aliphatic rings. The van der Waals surface area contributed by atoms with E-state index in [4.69, 9.17) is 14.2 Å². The van der Waals surface area contributed by atoms with Gasteiger partial charge in [-0.3, -0.25) is 4.79 Å². The second kappa shape index (κ2) is 13.3. The third-order valence-corrected chi connectivity index (χ3v) is 5.23. The Kier molecular flexibility index (Phi) is 10.7. The van der Waals surface area contributed by atoms with E-state index in [9.17, 15) is 14.4 Å². The Labute approximate surface area is 226 Å². The maximum absolute atomic E-state index is 13.3. The number of carbonyl (C=O) groups excluding carboxylic acids is 3.